The number of carbonyl (C=O) groups is 1. The van der Waals surface area contributed by atoms with E-state index in [1.165, 1.54) is 5.56 Å². The molecule has 0 bridgehead atoms. The van der Waals surface area contributed by atoms with E-state index in [2.05, 4.69) is 29.0 Å². The third kappa shape index (κ3) is 4.82. The van der Waals surface area contributed by atoms with Crippen LogP contribution in [0, 0.1) is 0 Å². The molecule has 6 nitrogen and oxygen atoms in total. The molecule has 1 N–H and O–H groups in total. The molecule has 2 saturated heterocycles. The number of ether oxygens (including phenoxy) is 1. The second-order valence-corrected chi connectivity index (χ2v) is 7.73. The third-order valence-electron chi connectivity index (χ3n) is 5.60. The van der Waals surface area contributed by atoms with Crippen LogP contribution in [-0.4, -0.2) is 91.3 Å². The van der Waals surface area contributed by atoms with Crippen molar-refractivity contribution in [1.82, 2.24) is 14.7 Å². The van der Waals surface area contributed by atoms with Gasteiger partial charge in [0.05, 0.1) is 12.2 Å². The predicted molar refractivity (Wildman–Crippen MR) is 101 cm³/mol. The Morgan fingerprint density at radius 1 is 1.08 bits per heavy atom. The van der Waals surface area contributed by atoms with Crippen molar-refractivity contribution in [3.05, 3.63) is 35.4 Å². The normalized spacial score (nSPS) is 21.7. The highest BCUT2D eigenvalue weighted by atomic mass is 16.5. The first-order chi connectivity index (χ1) is 12.5. The molecule has 0 unspecified atom stereocenters. The summed E-state index contributed by atoms with van der Waals surface area (Å²) in [6, 6.07) is 8.00. The van der Waals surface area contributed by atoms with E-state index in [0.29, 0.717) is 32.5 Å². The topological polar surface area (TPSA) is 56.3 Å². The maximum Gasteiger partial charge on any atom is 0.253 e. The molecular weight excluding hydrogens is 330 g/mol. The quantitative estimate of drug-likeness (QED) is 0.850. The van der Waals surface area contributed by atoms with E-state index in [9.17, 15) is 9.90 Å². The molecule has 144 valence electrons. The number of nitrogens with zero attached hydrogens (tertiary/aromatic N) is 3. The number of piperidine rings is 1. The summed E-state index contributed by atoms with van der Waals surface area (Å²) in [4.78, 5) is 19.3. The van der Waals surface area contributed by atoms with E-state index in [1.54, 1.807) is 7.11 Å². The van der Waals surface area contributed by atoms with E-state index in [4.69, 9.17) is 4.74 Å². The van der Waals surface area contributed by atoms with Crippen molar-refractivity contribution in [2.45, 2.75) is 25.0 Å². The fourth-order valence-corrected chi connectivity index (χ4v) is 3.74. The summed E-state index contributed by atoms with van der Waals surface area (Å²) in [6.07, 6.45) is 1.13. The standard InChI is InChI=1S/C20H31N3O3/c1-21-11-13-22(14-12-21)15-17-3-5-18(6-4-17)19(24)23-9-7-20(25,8-10-23)16-26-2/h3-6,25H,7-16H2,1-2H3. The molecule has 2 aliphatic rings. The summed E-state index contributed by atoms with van der Waals surface area (Å²) in [5.41, 5.74) is 1.18. The Morgan fingerprint density at radius 3 is 2.27 bits per heavy atom. The number of amides is 1. The van der Waals surface area contributed by atoms with Crippen molar-refractivity contribution >= 4 is 5.91 Å². The Morgan fingerprint density at radius 2 is 1.69 bits per heavy atom. The number of carbonyl (C=O) groups excluding carboxylic acids is 1. The number of methoxy groups -OCH3 is 1. The number of aliphatic hydroxyl groups is 1. The van der Waals surface area contributed by atoms with Gasteiger partial charge in [-0.25, -0.2) is 0 Å². The lowest BCUT2D eigenvalue weighted by atomic mass is 9.92. The zero-order valence-electron chi connectivity index (χ0n) is 16.0. The molecule has 0 aliphatic carbocycles. The van der Waals surface area contributed by atoms with Crippen LogP contribution in [0.2, 0.25) is 0 Å². The number of hydrogen-bond acceptors (Lipinski definition) is 5. The number of benzene rings is 1. The van der Waals surface area contributed by atoms with Gasteiger partial charge in [-0.05, 0) is 37.6 Å². The largest absolute Gasteiger partial charge is 0.387 e. The molecule has 0 atom stereocenters. The Hall–Kier alpha value is -1.47. The molecule has 2 aliphatic heterocycles. The molecular formula is C20H31N3O3. The summed E-state index contributed by atoms with van der Waals surface area (Å²) in [5.74, 6) is 0.0515. The number of likely N-dealkylation sites (tertiary alicyclic amines) is 1. The predicted octanol–water partition coefficient (Wildman–Crippen LogP) is 1.05. The van der Waals surface area contributed by atoms with Crippen molar-refractivity contribution in [2.24, 2.45) is 0 Å². The van der Waals surface area contributed by atoms with E-state index in [0.717, 1.165) is 38.3 Å². The van der Waals surface area contributed by atoms with Gasteiger partial charge in [0.15, 0.2) is 0 Å². The monoisotopic (exact) mass is 361 g/mol. The molecule has 2 fully saturated rings. The number of hydrogen-bond donors (Lipinski definition) is 1. The van der Waals surface area contributed by atoms with Crippen molar-refractivity contribution < 1.29 is 14.6 Å². The van der Waals surface area contributed by atoms with E-state index >= 15 is 0 Å². The van der Waals surface area contributed by atoms with Crippen molar-refractivity contribution in [1.29, 1.82) is 0 Å². The third-order valence-corrected chi connectivity index (χ3v) is 5.60. The zero-order valence-corrected chi connectivity index (χ0v) is 16.0. The molecule has 1 aromatic carbocycles. The van der Waals surface area contributed by atoms with Gasteiger partial charge in [0.2, 0.25) is 0 Å². The molecule has 2 heterocycles. The van der Waals surface area contributed by atoms with Gasteiger partial charge in [0.1, 0.15) is 0 Å². The van der Waals surface area contributed by atoms with Gasteiger partial charge in [-0.3, -0.25) is 9.69 Å². The van der Waals surface area contributed by atoms with E-state index in [-0.39, 0.29) is 5.91 Å². The lowest BCUT2D eigenvalue weighted by molar-refractivity contribution is -0.0662. The SMILES string of the molecule is COCC1(O)CCN(C(=O)c2ccc(CN3CCN(C)CC3)cc2)CC1. The molecule has 26 heavy (non-hydrogen) atoms. The highest BCUT2D eigenvalue weighted by Crippen LogP contribution is 2.23. The highest BCUT2D eigenvalue weighted by Gasteiger charge is 2.34. The summed E-state index contributed by atoms with van der Waals surface area (Å²) in [6.45, 7) is 6.82. The first-order valence-corrected chi connectivity index (χ1v) is 9.49. The first-order valence-electron chi connectivity index (χ1n) is 9.49. The Balaban J connectivity index is 1.53. The van der Waals surface area contributed by atoms with Gasteiger partial charge in [-0.2, -0.15) is 0 Å². The Labute approximate surface area is 156 Å². The van der Waals surface area contributed by atoms with Crippen molar-refractivity contribution in [3.63, 3.8) is 0 Å². The minimum atomic E-state index is -0.794. The van der Waals surface area contributed by atoms with Crippen LogP contribution < -0.4 is 0 Å². The number of rotatable bonds is 5. The molecule has 0 aromatic heterocycles. The summed E-state index contributed by atoms with van der Waals surface area (Å²) in [7, 11) is 3.76. The average Bonchev–Trinajstić information content (AvgIpc) is 2.64. The number of likely N-dealkylation sites (N-methyl/N-ethyl adjacent to an activating group) is 1. The van der Waals surface area contributed by atoms with Gasteiger partial charge in [0, 0.05) is 58.5 Å². The summed E-state index contributed by atoms with van der Waals surface area (Å²) < 4.78 is 5.09. The first kappa shape index (κ1) is 19.3. The lowest BCUT2D eigenvalue weighted by Gasteiger charge is -2.37. The summed E-state index contributed by atoms with van der Waals surface area (Å²) >= 11 is 0. The highest BCUT2D eigenvalue weighted by molar-refractivity contribution is 5.94. The van der Waals surface area contributed by atoms with Crippen LogP contribution >= 0.6 is 0 Å². The van der Waals surface area contributed by atoms with Crippen molar-refractivity contribution in [2.75, 3.05) is 60.0 Å². The average molecular weight is 361 g/mol. The summed E-state index contributed by atoms with van der Waals surface area (Å²) in [5, 5.41) is 10.4. The Bertz CT molecular complexity index is 589. The molecule has 0 saturated carbocycles. The van der Waals surface area contributed by atoms with Crippen LogP contribution in [0.5, 0.6) is 0 Å². The van der Waals surface area contributed by atoms with Gasteiger partial charge in [-0.15, -0.1) is 0 Å². The molecule has 3 rings (SSSR count). The van der Waals surface area contributed by atoms with Gasteiger partial charge in [0.25, 0.3) is 5.91 Å². The molecule has 1 aromatic rings. The van der Waals surface area contributed by atoms with Crippen LogP contribution in [0.3, 0.4) is 0 Å². The van der Waals surface area contributed by atoms with E-state index in [1.807, 2.05) is 17.0 Å². The van der Waals surface area contributed by atoms with Crippen LogP contribution in [0.25, 0.3) is 0 Å². The fourth-order valence-electron chi connectivity index (χ4n) is 3.74. The van der Waals surface area contributed by atoms with Crippen LogP contribution in [0.1, 0.15) is 28.8 Å². The minimum absolute atomic E-state index is 0.0515. The van der Waals surface area contributed by atoms with Gasteiger partial charge < -0.3 is 19.6 Å². The molecule has 6 heteroatoms. The molecule has 0 radical (unpaired) electrons. The van der Waals surface area contributed by atoms with Crippen LogP contribution in [0.4, 0.5) is 0 Å². The van der Waals surface area contributed by atoms with Crippen LogP contribution in [-0.2, 0) is 11.3 Å². The zero-order chi connectivity index (χ0) is 18.6. The second kappa shape index (κ2) is 8.48. The fraction of sp³-hybridized carbons (Fsp3) is 0.650. The minimum Gasteiger partial charge on any atom is -0.387 e. The smallest absolute Gasteiger partial charge is 0.253 e. The second-order valence-electron chi connectivity index (χ2n) is 7.73. The molecule has 1 amide bonds. The van der Waals surface area contributed by atoms with Crippen molar-refractivity contribution in [3.8, 4) is 0 Å². The maximum atomic E-state index is 12.7. The van der Waals surface area contributed by atoms with Gasteiger partial charge >= 0.3 is 0 Å². The van der Waals surface area contributed by atoms with Gasteiger partial charge in [-0.1, -0.05) is 12.1 Å². The van der Waals surface area contributed by atoms with Crippen LogP contribution in [0.15, 0.2) is 24.3 Å². The van der Waals surface area contributed by atoms with E-state index < -0.39 is 5.60 Å². The molecule has 0 spiro atoms. The maximum absolute atomic E-state index is 12.7. The Kier molecular flexibility index (Phi) is 6.29. The lowest BCUT2D eigenvalue weighted by Crippen LogP contribution is -2.48. The number of piperazine rings is 1.